The van der Waals surface area contributed by atoms with Crippen molar-refractivity contribution in [1.82, 2.24) is 0 Å². The number of hydrogen-bond donors (Lipinski definition) is 0. The second kappa shape index (κ2) is 5.76. The van der Waals surface area contributed by atoms with Crippen molar-refractivity contribution in [3.63, 3.8) is 0 Å². The van der Waals surface area contributed by atoms with E-state index in [1.54, 1.807) is 6.07 Å². The Kier molecular flexibility index (Phi) is 4.36. The molecular formula is C11H11N3O4. The maximum atomic E-state index is 11.1. The molecular weight excluding hydrogens is 238 g/mol. The molecule has 0 amide bonds. The highest BCUT2D eigenvalue weighted by Gasteiger charge is 2.19. The topological polar surface area (TPSA) is 102 Å². The molecule has 0 heterocycles. The summed E-state index contributed by atoms with van der Waals surface area (Å²) in [6, 6.07) is 4.50. The summed E-state index contributed by atoms with van der Waals surface area (Å²) in [5.74, 6) is -0.908. The standard InChI is InChI=1S/C11H11N3O4/c1-7(15)11(8(2)16)13-12-9-5-3-4-6-10(9)14(17)18/h3-6,11H,1-2H3. The summed E-state index contributed by atoms with van der Waals surface area (Å²) in [7, 11) is 0. The van der Waals surface area contributed by atoms with Gasteiger partial charge >= 0.3 is 0 Å². The molecule has 0 radical (unpaired) electrons. The molecule has 0 unspecified atom stereocenters. The van der Waals surface area contributed by atoms with Crippen LogP contribution in [0, 0.1) is 10.1 Å². The molecule has 7 heteroatoms. The highest BCUT2D eigenvalue weighted by atomic mass is 16.6. The van der Waals surface area contributed by atoms with Crippen LogP contribution >= 0.6 is 0 Å². The first-order chi connectivity index (χ1) is 8.43. The number of Topliss-reactive ketones (excluding diaryl/α,β-unsaturated/α-hetero) is 2. The maximum Gasteiger partial charge on any atom is 0.296 e. The van der Waals surface area contributed by atoms with Gasteiger partial charge in [0.2, 0.25) is 0 Å². The third-order valence-corrected chi connectivity index (χ3v) is 2.13. The van der Waals surface area contributed by atoms with Gasteiger partial charge in [-0.25, -0.2) is 0 Å². The van der Waals surface area contributed by atoms with Crippen LogP contribution in [-0.4, -0.2) is 22.5 Å². The van der Waals surface area contributed by atoms with E-state index in [2.05, 4.69) is 10.2 Å². The van der Waals surface area contributed by atoms with E-state index in [1.807, 2.05) is 0 Å². The molecule has 1 aromatic rings. The van der Waals surface area contributed by atoms with Crippen LogP contribution in [0.25, 0.3) is 0 Å². The van der Waals surface area contributed by atoms with Gasteiger partial charge in [-0.05, 0) is 19.9 Å². The monoisotopic (exact) mass is 249 g/mol. The van der Waals surface area contributed by atoms with Crippen molar-refractivity contribution in [2.24, 2.45) is 10.2 Å². The van der Waals surface area contributed by atoms with Crippen LogP contribution in [0.2, 0.25) is 0 Å². The van der Waals surface area contributed by atoms with Crippen molar-refractivity contribution in [3.8, 4) is 0 Å². The van der Waals surface area contributed by atoms with Crippen LogP contribution < -0.4 is 0 Å². The molecule has 0 aromatic heterocycles. The number of nitro groups is 1. The lowest BCUT2D eigenvalue weighted by atomic mass is 10.1. The number of azo groups is 1. The average Bonchev–Trinajstić information content (AvgIpc) is 2.28. The predicted molar refractivity (Wildman–Crippen MR) is 62.8 cm³/mol. The minimum atomic E-state index is -1.20. The quantitative estimate of drug-likeness (QED) is 0.345. The molecule has 18 heavy (non-hydrogen) atoms. The Morgan fingerprint density at radius 3 is 2.28 bits per heavy atom. The number of para-hydroxylation sites is 1. The Morgan fingerprint density at radius 1 is 1.22 bits per heavy atom. The summed E-state index contributed by atoms with van der Waals surface area (Å²) >= 11 is 0. The lowest BCUT2D eigenvalue weighted by molar-refractivity contribution is -0.384. The fraction of sp³-hybridized carbons (Fsp3) is 0.273. The van der Waals surface area contributed by atoms with Crippen molar-refractivity contribution in [3.05, 3.63) is 34.4 Å². The zero-order chi connectivity index (χ0) is 13.7. The second-order valence-electron chi connectivity index (χ2n) is 3.59. The van der Waals surface area contributed by atoms with Gasteiger partial charge in [0, 0.05) is 6.07 Å². The van der Waals surface area contributed by atoms with Crippen molar-refractivity contribution in [2.45, 2.75) is 19.9 Å². The molecule has 0 N–H and O–H groups in total. The van der Waals surface area contributed by atoms with E-state index in [4.69, 9.17) is 0 Å². The third kappa shape index (κ3) is 3.27. The minimum absolute atomic E-state index is 0.00926. The Bertz CT molecular complexity index is 511. The fourth-order valence-corrected chi connectivity index (χ4v) is 1.27. The molecule has 0 bridgehead atoms. The molecule has 0 aliphatic carbocycles. The van der Waals surface area contributed by atoms with Gasteiger partial charge in [0.15, 0.2) is 23.3 Å². The van der Waals surface area contributed by atoms with Crippen LogP contribution in [0.1, 0.15) is 13.8 Å². The summed E-state index contributed by atoms with van der Waals surface area (Å²) in [5, 5.41) is 17.9. The van der Waals surface area contributed by atoms with Crippen molar-refractivity contribution < 1.29 is 14.5 Å². The minimum Gasteiger partial charge on any atom is -0.297 e. The number of benzene rings is 1. The first kappa shape index (κ1) is 13.6. The molecule has 0 atom stereocenters. The molecule has 1 rings (SSSR count). The summed E-state index contributed by atoms with van der Waals surface area (Å²) in [5.41, 5.74) is -0.220. The second-order valence-corrected chi connectivity index (χ2v) is 3.59. The number of carbonyl (C=O) groups excluding carboxylic acids is 2. The number of ketones is 2. The van der Waals surface area contributed by atoms with E-state index >= 15 is 0 Å². The molecule has 94 valence electrons. The number of nitro benzene ring substituents is 1. The number of hydrogen-bond acceptors (Lipinski definition) is 6. The van der Waals surface area contributed by atoms with E-state index in [1.165, 1.54) is 32.0 Å². The summed E-state index contributed by atoms with van der Waals surface area (Å²) in [4.78, 5) is 32.3. The smallest absolute Gasteiger partial charge is 0.296 e. The molecule has 0 saturated carbocycles. The van der Waals surface area contributed by atoms with Crippen LogP contribution in [0.5, 0.6) is 0 Å². The molecule has 0 aliphatic rings. The molecule has 1 aromatic carbocycles. The molecule has 7 nitrogen and oxygen atoms in total. The maximum absolute atomic E-state index is 11.1. The van der Waals surface area contributed by atoms with Crippen LogP contribution in [0.3, 0.4) is 0 Å². The number of rotatable bonds is 5. The van der Waals surface area contributed by atoms with E-state index in [-0.39, 0.29) is 11.4 Å². The van der Waals surface area contributed by atoms with Gasteiger partial charge in [0.05, 0.1) is 4.92 Å². The third-order valence-electron chi connectivity index (χ3n) is 2.13. The lowest BCUT2D eigenvalue weighted by Gasteiger charge is -2.01. The Labute approximate surface area is 103 Å². The van der Waals surface area contributed by atoms with Crippen molar-refractivity contribution in [1.29, 1.82) is 0 Å². The summed E-state index contributed by atoms with van der Waals surface area (Å²) in [6.45, 7) is 2.43. The summed E-state index contributed by atoms with van der Waals surface area (Å²) in [6.07, 6.45) is 0. The van der Waals surface area contributed by atoms with Gasteiger partial charge in [-0.1, -0.05) is 12.1 Å². The normalized spacial score (nSPS) is 10.8. The SMILES string of the molecule is CC(=O)C(N=Nc1ccccc1[N+](=O)[O-])C(C)=O. The van der Waals surface area contributed by atoms with Gasteiger partial charge in [-0.2, -0.15) is 5.11 Å². The van der Waals surface area contributed by atoms with Crippen molar-refractivity contribution in [2.75, 3.05) is 0 Å². The highest BCUT2D eigenvalue weighted by molar-refractivity contribution is 6.04. The summed E-state index contributed by atoms with van der Waals surface area (Å²) < 4.78 is 0. The molecule has 0 fully saturated rings. The van der Waals surface area contributed by atoms with Gasteiger partial charge in [0.1, 0.15) is 0 Å². The van der Waals surface area contributed by atoms with Gasteiger partial charge in [0.25, 0.3) is 5.69 Å². The van der Waals surface area contributed by atoms with Gasteiger partial charge < -0.3 is 0 Å². The fourth-order valence-electron chi connectivity index (χ4n) is 1.27. The lowest BCUT2D eigenvalue weighted by Crippen LogP contribution is -2.23. The molecule has 0 aliphatic heterocycles. The predicted octanol–water partition coefficient (Wildman–Crippen LogP) is 2.23. The number of carbonyl (C=O) groups is 2. The first-order valence-corrected chi connectivity index (χ1v) is 5.08. The Balaban J connectivity index is 3.07. The van der Waals surface area contributed by atoms with Crippen LogP contribution in [0.15, 0.2) is 34.5 Å². The zero-order valence-corrected chi connectivity index (χ0v) is 9.86. The zero-order valence-electron chi connectivity index (χ0n) is 9.86. The van der Waals surface area contributed by atoms with E-state index in [9.17, 15) is 19.7 Å². The first-order valence-electron chi connectivity index (χ1n) is 5.08. The van der Waals surface area contributed by atoms with E-state index in [0.29, 0.717) is 0 Å². The largest absolute Gasteiger partial charge is 0.297 e. The average molecular weight is 249 g/mol. The Hall–Kier alpha value is -2.44. The highest BCUT2D eigenvalue weighted by Crippen LogP contribution is 2.26. The van der Waals surface area contributed by atoms with E-state index in [0.717, 1.165) is 0 Å². The number of nitrogens with zero attached hydrogens (tertiary/aromatic N) is 3. The van der Waals surface area contributed by atoms with Gasteiger partial charge in [-0.15, -0.1) is 5.11 Å². The Morgan fingerprint density at radius 2 is 1.78 bits per heavy atom. The molecule has 0 spiro atoms. The van der Waals surface area contributed by atoms with Crippen LogP contribution in [0.4, 0.5) is 11.4 Å². The van der Waals surface area contributed by atoms with Crippen LogP contribution in [-0.2, 0) is 9.59 Å². The van der Waals surface area contributed by atoms with Gasteiger partial charge in [-0.3, -0.25) is 19.7 Å². The van der Waals surface area contributed by atoms with E-state index < -0.39 is 22.5 Å². The molecule has 0 saturated heterocycles. The van der Waals surface area contributed by atoms with Crippen molar-refractivity contribution >= 4 is 22.9 Å².